The van der Waals surface area contributed by atoms with E-state index in [1.807, 2.05) is 60.7 Å². The van der Waals surface area contributed by atoms with Gasteiger partial charge in [-0.3, -0.25) is 0 Å². The maximum absolute atomic E-state index is 9.38. The van der Waals surface area contributed by atoms with Crippen LogP contribution >= 0.6 is 0 Å². The summed E-state index contributed by atoms with van der Waals surface area (Å²) in [5, 5.41) is 12.7. The monoisotopic (exact) mass is 288 g/mol. The summed E-state index contributed by atoms with van der Waals surface area (Å²) in [6.07, 6.45) is 0. The first-order chi connectivity index (χ1) is 10.8. The van der Waals surface area contributed by atoms with Crippen LogP contribution < -0.4 is 5.32 Å². The number of para-hydroxylation sites is 1. The van der Waals surface area contributed by atoms with Gasteiger partial charge in [-0.1, -0.05) is 48.5 Å². The van der Waals surface area contributed by atoms with Crippen molar-refractivity contribution in [3.8, 4) is 5.75 Å². The van der Waals surface area contributed by atoms with Crippen LogP contribution in [0.1, 0.15) is 5.56 Å². The molecule has 3 rings (SSSR count). The van der Waals surface area contributed by atoms with Crippen molar-refractivity contribution in [1.29, 1.82) is 0 Å². The van der Waals surface area contributed by atoms with Crippen molar-refractivity contribution in [2.24, 2.45) is 4.99 Å². The van der Waals surface area contributed by atoms with Gasteiger partial charge in [0.1, 0.15) is 11.6 Å². The van der Waals surface area contributed by atoms with Crippen LogP contribution in [-0.2, 0) is 0 Å². The number of hydrogen-bond acceptors (Lipinski definition) is 2. The fourth-order valence-corrected chi connectivity index (χ4v) is 2.08. The molecule has 0 bridgehead atoms. The van der Waals surface area contributed by atoms with Gasteiger partial charge in [0.05, 0.1) is 5.69 Å². The maximum Gasteiger partial charge on any atom is 0.138 e. The number of rotatable bonds is 3. The molecule has 3 aromatic rings. The number of aliphatic imine (C=N–C) groups is 1. The number of aromatic hydroxyl groups is 1. The van der Waals surface area contributed by atoms with Crippen LogP contribution in [0, 0.1) is 0 Å². The lowest BCUT2D eigenvalue weighted by Gasteiger charge is -2.10. The number of phenols is 1. The summed E-state index contributed by atoms with van der Waals surface area (Å²) >= 11 is 0. The SMILES string of the molecule is Oc1ccc(N=C(Nc2ccccc2)c2ccccc2)cc1. The Hall–Kier alpha value is -3.07. The molecule has 0 spiro atoms. The summed E-state index contributed by atoms with van der Waals surface area (Å²) in [7, 11) is 0. The van der Waals surface area contributed by atoms with Crippen molar-refractivity contribution in [3.63, 3.8) is 0 Å². The van der Waals surface area contributed by atoms with Crippen LogP contribution in [-0.4, -0.2) is 10.9 Å². The molecule has 108 valence electrons. The van der Waals surface area contributed by atoms with E-state index in [1.165, 1.54) is 0 Å². The third-order valence-electron chi connectivity index (χ3n) is 3.17. The normalized spacial score (nSPS) is 11.2. The minimum Gasteiger partial charge on any atom is -0.508 e. The van der Waals surface area contributed by atoms with Gasteiger partial charge < -0.3 is 10.4 Å². The topological polar surface area (TPSA) is 44.6 Å². The minimum atomic E-state index is 0.233. The largest absolute Gasteiger partial charge is 0.508 e. The molecule has 0 amide bonds. The van der Waals surface area contributed by atoms with Crippen LogP contribution in [0.2, 0.25) is 0 Å². The fraction of sp³-hybridized carbons (Fsp3) is 0. The summed E-state index contributed by atoms with van der Waals surface area (Å²) in [5.74, 6) is 0.994. The lowest BCUT2D eigenvalue weighted by atomic mass is 10.2. The van der Waals surface area contributed by atoms with Crippen molar-refractivity contribution in [3.05, 3.63) is 90.5 Å². The molecule has 3 nitrogen and oxygen atoms in total. The predicted octanol–water partition coefficient (Wildman–Crippen LogP) is 4.58. The summed E-state index contributed by atoms with van der Waals surface area (Å²) in [4.78, 5) is 4.66. The summed E-state index contributed by atoms with van der Waals surface area (Å²) in [5.41, 5.74) is 2.75. The number of nitrogens with zero attached hydrogens (tertiary/aromatic N) is 1. The zero-order valence-electron chi connectivity index (χ0n) is 12.0. The Morgan fingerprint density at radius 1 is 0.727 bits per heavy atom. The zero-order valence-corrected chi connectivity index (χ0v) is 12.0. The minimum absolute atomic E-state index is 0.233. The second-order valence-corrected chi connectivity index (χ2v) is 4.83. The van der Waals surface area contributed by atoms with Crippen molar-refractivity contribution in [1.82, 2.24) is 0 Å². The van der Waals surface area contributed by atoms with E-state index in [1.54, 1.807) is 24.3 Å². The number of phenolic OH excluding ortho intramolecular Hbond substituents is 1. The van der Waals surface area contributed by atoms with Crippen LogP contribution in [0.25, 0.3) is 0 Å². The van der Waals surface area contributed by atoms with E-state index >= 15 is 0 Å². The summed E-state index contributed by atoms with van der Waals surface area (Å²) in [6.45, 7) is 0. The van der Waals surface area contributed by atoms with E-state index in [-0.39, 0.29) is 5.75 Å². The Kier molecular flexibility index (Phi) is 4.16. The van der Waals surface area contributed by atoms with E-state index in [2.05, 4.69) is 10.3 Å². The average molecular weight is 288 g/mol. The smallest absolute Gasteiger partial charge is 0.138 e. The molecule has 0 aliphatic carbocycles. The number of benzene rings is 3. The fourth-order valence-electron chi connectivity index (χ4n) is 2.08. The first kappa shape index (κ1) is 13.9. The van der Waals surface area contributed by atoms with E-state index in [0.29, 0.717) is 0 Å². The zero-order chi connectivity index (χ0) is 15.2. The Bertz CT molecular complexity index is 750. The summed E-state index contributed by atoms with van der Waals surface area (Å²) < 4.78 is 0. The van der Waals surface area contributed by atoms with Gasteiger partial charge in [-0.15, -0.1) is 0 Å². The van der Waals surface area contributed by atoms with E-state index in [4.69, 9.17) is 0 Å². The van der Waals surface area contributed by atoms with Crippen LogP contribution in [0.5, 0.6) is 5.75 Å². The second kappa shape index (κ2) is 6.59. The highest BCUT2D eigenvalue weighted by Gasteiger charge is 2.04. The lowest BCUT2D eigenvalue weighted by molar-refractivity contribution is 0.475. The molecule has 0 saturated heterocycles. The first-order valence-corrected chi connectivity index (χ1v) is 7.06. The van der Waals surface area contributed by atoms with Gasteiger partial charge in [0, 0.05) is 11.3 Å². The van der Waals surface area contributed by atoms with Crippen molar-refractivity contribution < 1.29 is 5.11 Å². The molecule has 0 unspecified atom stereocenters. The Morgan fingerprint density at radius 3 is 1.95 bits per heavy atom. The Balaban J connectivity index is 1.97. The molecule has 22 heavy (non-hydrogen) atoms. The van der Waals surface area contributed by atoms with Gasteiger partial charge >= 0.3 is 0 Å². The van der Waals surface area contributed by atoms with Crippen LogP contribution in [0.15, 0.2) is 89.9 Å². The number of anilines is 1. The highest BCUT2D eigenvalue weighted by atomic mass is 16.3. The van der Waals surface area contributed by atoms with Crippen molar-refractivity contribution in [2.75, 3.05) is 5.32 Å². The van der Waals surface area contributed by atoms with Crippen LogP contribution in [0.3, 0.4) is 0 Å². The van der Waals surface area contributed by atoms with E-state index in [0.717, 1.165) is 22.8 Å². The molecule has 0 radical (unpaired) electrons. The average Bonchev–Trinajstić information content (AvgIpc) is 2.58. The molecule has 3 heteroatoms. The molecular weight excluding hydrogens is 272 g/mol. The molecule has 0 fully saturated rings. The third kappa shape index (κ3) is 3.52. The van der Waals surface area contributed by atoms with Gasteiger partial charge in [0.15, 0.2) is 0 Å². The van der Waals surface area contributed by atoms with Gasteiger partial charge in [-0.2, -0.15) is 0 Å². The summed E-state index contributed by atoms with van der Waals surface area (Å²) in [6, 6.07) is 26.7. The molecule has 0 aliphatic heterocycles. The molecule has 0 atom stereocenters. The van der Waals surface area contributed by atoms with E-state index in [9.17, 15) is 5.11 Å². The highest BCUT2D eigenvalue weighted by Crippen LogP contribution is 2.19. The van der Waals surface area contributed by atoms with Crippen LogP contribution in [0.4, 0.5) is 11.4 Å². The van der Waals surface area contributed by atoms with Gasteiger partial charge in [0.2, 0.25) is 0 Å². The third-order valence-corrected chi connectivity index (χ3v) is 3.17. The Morgan fingerprint density at radius 2 is 1.32 bits per heavy atom. The number of amidine groups is 1. The molecular formula is C19H16N2O. The van der Waals surface area contributed by atoms with Gasteiger partial charge in [-0.25, -0.2) is 4.99 Å². The van der Waals surface area contributed by atoms with Gasteiger partial charge in [-0.05, 0) is 36.4 Å². The molecule has 3 aromatic carbocycles. The van der Waals surface area contributed by atoms with Gasteiger partial charge in [0.25, 0.3) is 0 Å². The maximum atomic E-state index is 9.38. The number of hydrogen-bond donors (Lipinski definition) is 2. The van der Waals surface area contributed by atoms with E-state index < -0.39 is 0 Å². The lowest BCUT2D eigenvalue weighted by Crippen LogP contribution is -2.13. The Labute approximate surface area is 129 Å². The molecule has 0 aromatic heterocycles. The first-order valence-electron chi connectivity index (χ1n) is 7.06. The molecule has 0 heterocycles. The number of nitrogens with one attached hydrogen (secondary N) is 1. The van der Waals surface area contributed by atoms with Crippen molar-refractivity contribution >= 4 is 17.2 Å². The predicted molar refractivity (Wildman–Crippen MR) is 90.8 cm³/mol. The van der Waals surface area contributed by atoms with Crippen molar-refractivity contribution in [2.45, 2.75) is 0 Å². The molecule has 0 aliphatic rings. The molecule has 0 saturated carbocycles. The standard InChI is InChI=1S/C19H16N2O/c22-18-13-11-17(12-14-18)21-19(15-7-3-1-4-8-15)20-16-9-5-2-6-10-16/h1-14,22H,(H,20,21). The quantitative estimate of drug-likeness (QED) is 0.547. The second-order valence-electron chi connectivity index (χ2n) is 4.83. The highest BCUT2D eigenvalue weighted by molar-refractivity contribution is 6.09. The molecule has 2 N–H and O–H groups in total.